The van der Waals surface area contributed by atoms with Gasteiger partial charge in [0.1, 0.15) is 5.82 Å². The fraction of sp³-hybridized carbons (Fsp3) is 0.250. The predicted octanol–water partition coefficient (Wildman–Crippen LogP) is 3.79. The maximum Gasteiger partial charge on any atom is 0.256 e. The van der Waals surface area contributed by atoms with Crippen molar-refractivity contribution >= 4 is 21.8 Å². The highest BCUT2D eigenvalue weighted by Gasteiger charge is 2.33. The Bertz CT molecular complexity index is 673. The molecule has 1 saturated carbocycles. The first-order chi connectivity index (χ1) is 10.1. The van der Waals surface area contributed by atoms with Crippen LogP contribution in [0.3, 0.4) is 0 Å². The number of hydrogen-bond acceptors (Lipinski definition) is 2. The molecule has 1 aromatic carbocycles. The third kappa shape index (κ3) is 3.47. The van der Waals surface area contributed by atoms with Crippen molar-refractivity contribution in [1.29, 1.82) is 0 Å². The summed E-state index contributed by atoms with van der Waals surface area (Å²) in [5.41, 5.74) is 1.35. The van der Waals surface area contributed by atoms with Crippen LogP contribution >= 0.6 is 15.9 Å². The predicted molar refractivity (Wildman–Crippen MR) is 81.2 cm³/mol. The Morgan fingerprint density at radius 3 is 2.81 bits per heavy atom. The van der Waals surface area contributed by atoms with Crippen molar-refractivity contribution in [2.45, 2.75) is 25.4 Å². The molecule has 3 rings (SSSR count). The number of hydrogen-bond donors (Lipinski definition) is 0. The number of carbonyl (C=O) groups is 1. The molecule has 5 heteroatoms. The van der Waals surface area contributed by atoms with E-state index in [9.17, 15) is 9.18 Å². The number of rotatable bonds is 4. The van der Waals surface area contributed by atoms with E-state index in [1.807, 2.05) is 6.07 Å². The molecule has 1 heterocycles. The summed E-state index contributed by atoms with van der Waals surface area (Å²) in [4.78, 5) is 18.5. The average Bonchev–Trinajstić information content (AvgIpc) is 3.29. The van der Waals surface area contributed by atoms with E-state index >= 15 is 0 Å². The summed E-state index contributed by atoms with van der Waals surface area (Å²) in [7, 11) is 0. The van der Waals surface area contributed by atoms with Gasteiger partial charge in [-0.3, -0.25) is 9.78 Å². The van der Waals surface area contributed by atoms with Crippen molar-refractivity contribution in [2.75, 3.05) is 0 Å². The topological polar surface area (TPSA) is 33.2 Å². The molecule has 1 amide bonds. The van der Waals surface area contributed by atoms with E-state index in [0.29, 0.717) is 12.1 Å². The molecule has 0 unspecified atom stereocenters. The van der Waals surface area contributed by atoms with Gasteiger partial charge in [0, 0.05) is 29.5 Å². The molecule has 2 aromatic rings. The molecule has 0 spiro atoms. The van der Waals surface area contributed by atoms with Crippen LogP contribution in [-0.2, 0) is 6.54 Å². The molecule has 1 aliphatic rings. The fourth-order valence-corrected chi connectivity index (χ4v) is 2.64. The van der Waals surface area contributed by atoms with Gasteiger partial charge in [0.25, 0.3) is 5.91 Å². The molecule has 1 fully saturated rings. The zero-order valence-corrected chi connectivity index (χ0v) is 12.9. The fourth-order valence-electron chi connectivity index (χ4n) is 2.28. The second kappa shape index (κ2) is 5.93. The lowest BCUT2D eigenvalue weighted by Gasteiger charge is -2.22. The molecule has 0 atom stereocenters. The van der Waals surface area contributed by atoms with E-state index in [-0.39, 0.29) is 17.8 Å². The minimum atomic E-state index is -0.278. The largest absolute Gasteiger partial charge is 0.331 e. The molecule has 21 heavy (non-hydrogen) atoms. The van der Waals surface area contributed by atoms with Crippen molar-refractivity contribution in [1.82, 2.24) is 9.88 Å². The van der Waals surface area contributed by atoms with E-state index in [1.54, 1.807) is 29.4 Å². The summed E-state index contributed by atoms with van der Waals surface area (Å²) < 4.78 is 14.1. The van der Waals surface area contributed by atoms with Gasteiger partial charge in [-0.2, -0.15) is 0 Å². The van der Waals surface area contributed by atoms with Crippen molar-refractivity contribution in [3.05, 3.63) is 64.1 Å². The van der Waals surface area contributed by atoms with Crippen LogP contribution < -0.4 is 0 Å². The zero-order chi connectivity index (χ0) is 14.8. The number of benzene rings is 1. The van der Waals surface area contributed by atoms with E-state index in [4.69, 9.17) is 0 Å². The molecule has 108 valence electrons. The highest BCUT2D eigenvalue weighted by atomic mass is 79.9. The van der Waals surface area contributed by atoms with Crippen LogP contribution in [0.2, 0.25) is 0 Å². The second-order valence-electron chi connectivity index (χ2n) is 5.19. The molecule has 0 bridgehead atoms. The van der Waals surface area contributed by atoms with Gasteiger partial charge >= 0.3 is 0 Å². The molecule has 0 N–H and O–H groups in total. The van der Waals surface area contributed by atoms with Gasteiger partial charge in [-0.15, -0.1) is 0 Å². The van der Waals surface area contributed by atoms with E-state index in [2.05, 4.69) is 20.9 Å². The standard InChI is InChI=1S/C16H14BrFN2O/c17-13-7-12(8-19-9-13)16(21)20(15-4-5-15)10-11-2-1-3-14(18)6-11/h1-3,6-9,15H,4-5,10H2. The Hall–Kier alpha value is -1.75. The van der Waals surface area contributed by atoms with E-state index in [1.165, 1.54) is 12.1 Å². The van der Waals surface area contributed by atoms with E-state index < -0.39 is 0 Å². The van der Waals surface area contributed by atoms with Gasteiger partial charge in [-0.1, -0.05) is 12.1 Å². The summed E-state index contributed by atoms with van der Waals surface area (Å²) >= 11 is 3.33. The van der Waals surface area contributed by atoms with Gasteiger partial charge in [0.05, 0.1) is 5.56 Å². The highest BCUT2D eigenvalue weighted by molar-refractivity contribution is 9.10. The van der Waals surface area contributed by atoms with Gasteiger partial charge in [-0.25, -0.2) is 4.39 Å². The van der Waals surface area contributed by atoms with Crippen LogP contribution in [0.15, 0.2) is 47.2 Å². The number of nitrogens with zero attached hydrogens (tertiary/aromatic N) is 2. The van der Waals surface area contributed by atoms with Gasteiger partial charge in [0.15, 0.2) is 0 Å². The second-order valence-corrected chi connectivity index (χ2v) is 6.10. The van der Waals surface area contributed by atoms with Crippen LogP contribution in [0.1, 0.15) is 28.8 Å². The molecular formula is C16H14BrFN2O. The lowest BCUT2D eigenvalue weighted by Crippen LogP contribution is -2.32. The third-order valence-corrected chi connectivity index (χ3v) is 3.88. The number of amides is 1. The first-order valence-corrected chi connectivity index (χ1v) is 7.59. The summed E-state index contributed by atoms with van der Waals surface area (Å²) in [6, 6.07) is 8.40. The van der Waals surface area contributed by atoms with Crippen LogP contribution in [0, 0.1) is 5.82 Å². The number of aromatic nitrogens is 1. The smallest absolute Gasteiger partial charge is 0.256 e. The Kier molecular flexibility index (Phi) is 4.01. The molecule has 0 aliphatic heterocycles. The number of pyridine rings is 1. The van der Waals surface area contributed by atoms with Crippen LogP contribution in [0.25, 0.3) is 0 Å². The Balaban J connectivity index is 1.83. The van der Waals surface area contributed by atoms with Crippen LogP contribution in [-0.4, -0.2) is 21.8 Å². The molecule has 0 radical (unpaired) electrons. The maximum atomic E-state index is 13.3. The Labute approximate surface area is 130 Å². The lowest BCUT2D eigenvalue weighted by molar-refractivity contribution is 0.0729. The van der Waals surface area contributed by atoms with Crippen molar-refractivity contribution < 1.29 is 9.18 Å². The average molecular weight is 349 g/mol. The highest BCUT2D eigenvalue weighted by Crippen LogP contribution is 2.30. The maximum absolute atomic E-state index is 13.3. The molecule has 0 saturated heterocycles. The summed E-state index contributed by atoms with van der Waals surface area (Å²) in [5.74, 6) is -0.338. The normalized spacial score (nSPS) is 14.0. The Morgan fingerprint density at radius 2 is 2.14 bits per heavy atom. The molecule has 1 aliphatic carbocycles. The summed E-state index contributed by atoms with van der Waals surface area (Å²) in [5, 5.41) is 0. The van der Waals surface area contributed by atoms with Gasteiger partial charge in [0.2, 0.25) is 0 Å². The van der Waals surface area contributed by atoms with E-state index in [0.717, 1.165) is 22.9 Å². The number of carbonyl (C=O) groups excluding carboxylic acids is 1. The van der Waals surface area contributed by atoms with Crippen molar-refractivity contribution in [3.63, 3.8) is 0 Å². The first kappa shape index (κ1) is 14.2. The minimum Gasteiger partial charge on any atom is -0.331 e. The lowest BCUT2D eigenvalue weighted by atomic mass is 10.1. The van der Waals surface area contributed by atoms with Gasteiger partial charge < -0.3 is 4.90 Å². The van der Waals surface area contributed by atoms with Crippen LogP contribution in [0.5, 0.6) is 0 Å². The summed E-state index contributed by atoms with van der Waals surface area (Å²) in [6.45, 7) is 0.424. The minimum absolute atomic E-state index is 0.0597. The summed E-state index contributed by atoms with van der Waals surface area (Å²) in [6.07, 6.45) is 5.21. The van der Waals surface area contributed by atoms with Crippen molar-refractivity contribution in [2.24, 2.45) is 0 Å². The van der Waals surface area contributed by atoms with Crippen LogP contribution in [0.4, 0.5) is 4.39 Å². The monoisotopic (exact) mass is 348 g/mol. The third-order valence-electron chi connectivity index (χ3n) is 3.44. The zero-order valence-electron chi connectivity index (χ0n) is 11.3. The molecule has 1 aromatic heterocycles. The molecular weight excluding hydrogens is 335 g/mol. The quantitative estimate of drug-likeness (QED) is 0.842. The first-order valence-electron chi connectivity index (χ1n) is 6.79. The van der Waals surface area contributed by atoms with Gasteiger partial charge in [-0.05, 0) is 52.5 Å². The van der Waals surface area contributed by atoms with Crippen molar-refractivity contribution in [3.8, 4) is 0 Å². The molecule has 3 nitrogen and oxygen atoms in total. The Morgan fingerprint density at radius 1 is 1.33 bits per heavy atom. The SMILES string of the molecule is O=C(c1cncc(Br)c1)N(Cc1cccc(F)c1)C1CC1. The number of halogens is 2.